The molecular weight excluding hydrogens is 259 g/mol. The Kier molecular flexibility index (Phi) is 3.80. The SMILES string of the molecule is CC(C(=O)c1ccccc1OC(F)(F)F)C1CNC1. The van der Waals surface area contributed by atoms with Crippen molar-refractivity contribution in [1.29, 1.82) is 0 Å². The molecule has 1 unspecified atom stereocenters. The number of rotatable bonds is 4. The van der Waals surface area contributed by atoms with E-state index in [9.17, 15) is 18.0 Å². The topological polar surface area (TPSA) is 38.3 Å². The number of para-hydroxylation sites is 1. The standard InChI is InChI=1S/C13H14F3NO2/c1-8(9-6-17-7-9)12(18)10-4-2-3-5-11(10)19-13(14,15)16/h2-5,8-9,17H,6-7H2,1H3. The highest BCUT2D eigenvalue weighted by Crippen LogP contribution is 2.30. The van der Waals surface area contributed by atoms with E-state index in [-0.39, 0.29) is 23.2 Å². The summed E-state index contributed by atoms with van der Waals surface area (Å²) >= 11 is 0. The number of nitrogens with one attached hydrogen (secondary N) is 1. The Morgan fingerprint density at radius 1 is 1.37 bits per heavy atom. The first-order valence-corrected chi connectivity index (χ1v) is 5.98. The van der Waals surface area contributed by atoms with E-state index in [0.717, 1.165) is 19.2 Å². The summed E-state index contributed by atoms with van der Waals surface area (Å²) in [6.07, 6.45) is -4.79. The monoisotopic (exact) mass is 273 g/mol. The van der Waals surface area contributed by atoms with Crippen LogP contribution in [0.1, 0.15) is 17.3 Å². The molecule has 0 bridgehead atoms. The van der Waals surface area contributed by atoms with E-state index in [1.807, 2.05) is 0 Å². The van der Waals surface area contributed by atoms with Crippen LogP contribution in [0, 0.1) is 11.8 Å². The average molecular weight is 273 g/mol. The van der Waals surface area contributed by atoms with Crippen molar-refractivity contribution < 1.29 is 22.7 Å². The number of carbonyl (C=O) groups is 1. The number of ether oxygens (including phenoxy) is 1. The Morgan fingerprint density at radius 2 is 2.00 bits per heavy atom. The molecule has 19 heavy (non-hydrogen) atoms. The fourth-order valence-electron chi connectivity index (χ4n) is 2.01. The number of Topliss-reactive ketones (excluding diaryl/α,β-unsaturated/α-hetero) is 1. The van der Waals surface area contributed by atoms with Crippen LogP contribution in [0.3, 0.4) is 0 Å². The first kappa shape index (κ1) is 13.9. The molecule has 3 nitrogen and oxygen atoms in total. The normalized spacial score (nSPS) is 17.7. The molecule has 0 spiro atoms. The minimum absolute atomic E-state index is 0.0146. The summed E-state index contributed by atoms with van der Waals surface area (Å²) in [4.78, 5) is 12.2. The molecule has 1 N–H and O–H groups in total. The highest BCUT2D eigenvalue weighted by atomic mass is 19.4. The van der Waals surface area contributed by atoms with Gasteiger partial charge in [0.25, 0.3) is 0 Å². The van der Waals surface area contributed by atoms with Gasteiger partial charge in [0.2, 0.25) is 0 Å². The van der Waals surface area contributed by atoms with E-state index >= 15 is 0 Å². The van der Waals surface area contributed by atoms with E-state index < -0.39 is 12.1 Å². The molecule has 104 valence electrons. The lowest BCUT2D eigenvalue weighted by Gasteiger charge is -2.32. The zero-order valence-electron chi connectivity index (χ0n) is 10.3. The van der Waals surface area contributed by atoms with E-state index in [2.05, 4.69) is 10.1 Å². The fraction of sp³-hybridized carbons (Fsp3) is 0.462. The third-order valence-electron chi connectivity index (χ3n) is 3.31. The number of hydrogen-bond acceptors (Lipinski definition) is 3. The van der Waals surface area contributed by atoms with Gasteiger partial charge in [-0.25, -0.2) is 0 Å². The lowest BCUT2D eigenvalue weighted by Crippen LogP contribution is -2.47. The second-order valence-corrected chi connectivity index (χ2v) is 4.62. The van der Waals surface area contributed by atoms with E-state index in [0.29, 0.717) is 0 Å². The average Bonchev–Trinajstić information content (AvgIpc) is 2.24. The van der Waals surface area contributed by atoms with Gasteiger partial charge in [0.05, 0.1) is 5.56 Å². The predicted octanol–water partition coefficient (Wildman–Crippen LogP) is 2.62. The van der Waals surface area contributed by atoms with Gasteiger partial charge < -0.3 is 10.1 Å². The van der Waals surface area contributed by atoms with Crippen molar-refractivity contribution in [2.24, 2.45) is 11.8 Å². The molecule has 0 amide bonds. The van der Waals surface area contributed by atoms with Gasteiger partial charge in [0, 0.05) is 5.92 Å². The lowest BCUT2D eigenvalue weighted by molar-refractivity contribution is -0.274. The minimum Gasteiger partial charge on any atom is -0.405 e. The fourth-order valence-corrected chi connectivity index (χ4v) is 2.01. The Labute approximate surface area is 108 Å². The van der Waals surface area contributed by atoms with Crippen LogP contribution in [0.4, 0.5) is 13.2 Å². The van der Waals surface area contributed by atoms with Crippen LogP contribution in [0.5, 0.6) is 5.75 Å². The number of alkyl halides is 3. The molecule has 1 aliphatic heterocycles. The Bertz CT molecular complexity index is 469. The van der Waals surface area contributed by atoms with Crippen LogP contribution in [0.25, 0.3) is 0 Å². The van der Waals surface area contributed by atoms with Crippen LogP contribution < -0.4 is 10.1 Å². The Balaban J connectivity index is 2.21. The van der Waals surface area contributed by atoms with Crippen LogP contribution in [0.15, 0.2) is 24.3 Å². The van der Waals surface area contributed by atoms with E-state index in [1.165, 1.54) is 18.2 Å². The number of hydrogen-bond donors (Lipinski definition) is 1. The lowest BCUT2D eigenvalue weighted by atomic mass is 9.83. The maximum atomic E-state index is 12.3. The van der Waals surface area contributed by atoms with Crippen LogP contribution in [-0.4, -0.2) is 25.2 Å². The summed E-state index contributed by atoms with van der Waals surface area (Å²) in [5.74, 6) is -0.892. The summed E-state index contributed by atoms with van der Waals surface area (Å²) in [7, 11) is 0. The highest BCUT2D eigenvalue weighted by Gasteiger charge is 2.35. The zero-order valence-corrected chi connectivity index (χ0v) is 10.3. The van der Waals surface area contributed by atoms with Crippen molar-refractivity contribution in [2.45, 2.75) is 13.3 Å². The summed E-state index contributed by atoms with van der Waals surface area (Å²) < 4.78 is 40.7. The molecule has 1 heterocycles. The number of benzene rings is 1. The molecule has 1 aromatic carbocycles. The second-order valence-electron chi connectivity index (χ2n) is 4.62. The third-order valence-corrected chi connectivity index (χ3v) is 3.31. The van der Waals surface area contributed by atoms with Gasteiger partial charge in [-0.3, -0.25) is 4.79 Å². The molecule has 1 atom stereocenters. The first-order valence-electron chi connectivity index (χ1n) is 5.98. The number of carbonyl (C=O) groups excluding carboxylic acids is 1. The summed E-state index contributed by atoms with van der Waals surface area (Å²) in [5.41, 5.74) is -0.0146. The van der Waals surface area contributed by atoms with Crippen molar-refractivity contribution in [3.8, 4) is 5.75 Å². The van der Waals surface area contributed by atoms with Crippen LogP contribution in [0.2, 0.25) is 0 Å². The van der Waals surface area contributed by atoms with Gasteiger partial charge >= 0.3 is 6.36 Å². The van der Waals surface area contributed by atoms with Crippen molar-refractivity contribution >= 4 is 5.78 Å². The van der Waals surface area contributed by atoms with Crippen molar-refractivity contribution in [3.05, 3.63) is 29.8 Å². The van der Waals surface area contributed by atoms with Gasteiger partial charge in [-0.2, -0.15) is 0 Å². The smallest absolute Gasteiger partial charge is 0.405 e. The van der Waals surface area contributed by atoms with Crippen molar-refractivity contribution in [2.75, 3.05) is 13.1 Å². The molecule has 0 aliphatic carbocycles. The van der Waals surface area contributed by atoms with Gasteiger partial charge in [-0.1, -0.05) is 19.1 Å². The molecule has 1 aromatic rings. The van der Waals surface area contributed by atoms with E-state index in [1.54, 1.807) is 6.92 Å². The summed E-state index contributed by atoms with van der Waals surface area (Å²) in [6, 6.07) is 5.47. The summed E-state index contributed by atoms with van der Waals surface area (Å²) in [6.45, 7) is 3.17. The minimum atomic E-state index is -4.79. The number of ketones is 1. The zero-order chi connectivity index (χ0) is 14.0. The third kappa shape index (κ3) is 3.26. The quantitative estimate of drug-likeness (QED) is 0.857. The first-order chi connectivity index (χ1) is 8.88. The van der Waals surface area contributed by atoms with E-state index in [4.69, 9.17) is 0 Å². The Hall–Kier alpha value is -1.56. The molecule has 6 heteroatoms. The van der Waals surface area contributed by atoms with Gasteiger partial charge in [-0.15, -0.1) is 13.2 Å². The van der Waals surface area contributed by atoms with Crippen LogP contribution in [-0.2, 0) is 0 Å². The van der Waals surface area contributed by atoms with Crippen LogP contribution >= 0.6 is 0 Å². The maximum absolute atomic E-state index is 12.3. The predicted molar refractivity (Wildman–Crippen MR) is 63.0 cm³/mol. The van der Waals surface area contributed by atoms with Gasteiger partial charge in [0.1, 0.15) is 5.75 Å². The second kappa shape index (κ2) is 5.21. The molecule has 1 saturated heterocycles. The van der Waals surface area contributed by atoms with Crippen molar-refractivity contribution in [1.82, 2.24) is 5.32 Å². The van der Waals surface area contributed by atoms with Crippen molar-refractivity contribution in [3.63, 3.8) is 0 Å². The molecule has 1 aliphatic rings. The Morgan fingerprint density at radius 3 is 2.53 bits per heavy atom. The van der Waals surface area contributed by atoms with Gasteiger partial charge in [-0.05, 0) is 31.1 Å². The molecule has 0 aromatic heterocycles. The molecule has 2 rings (SSSR count). The molecule has 0 saturated carbocycles. The maximum Gasteiger partial charge on any atom is 0.573 e. The molecular formula is C13H14F3NO2. The largest absolute Gasteiger partial charge is 0.573 e. The number of halogens is 3. The highest BCUT2D eigenvalue weighted by molar-refractivity contribution is 6.00. The molecule has 0 radical (unpaired) electrons. The molecule has 1 fully saturated rings. The summed E-state index contributed by atoms with van der Waals surface area (Å²) in [5, 5.41) is 3.04. The van der Waals surface area contributed by atoms with Gasteiger partial charge in [0.15, 0.2) is 5.78 Å².